The molecule has 1 aromatic carbocycles. The minimum atomic E-state index is -2.27. The Hall–Kier alpha value is -2.26. The molecule has 0 bridgehead atoms. The zero-order valence-corrected chi connectivity index (χ0v) is 16.1. The number of aromatic hydroxyl groups is 2. The lowest BCUT2D eigenvalue weighted by Gasteiger charge is -2.28. The quantitative estimate of drug-likeness (QED) is 0.507. The van der Waals surface area contributed by atoms with Crippen molar-refractivity contribution < 1.29 is 39.5 Å². The van der Waals surface area contributed by atoms with E-state index >= 15 is 0 Å². The summed E-state index contributed by atoms with van der Waals surface area (Å²) in [5.41, 5.74) is -2.51. The second-order valence-electron chi connectivity index (χ2n) is 7.33. The largest absolute Gasteiger partial charge is 0.508 e. The molecular weight excluding hydrogens is 388 g/mol. The van der Waals surface area contributed by atoms with Gasteiger partial charge in [-0.25, -0.2) is 4.79 Å². The van der Waals surface area contributed by atoms with Gasteiger partial charge in [0.05, 0.1) is 24.0 Å². The van der Waals surface area contributed by atoms with Gasteiger partial charge in [-0.2, -0.15) is 11.8 Å². The molecule has 0 unspecified atom stereocenters. The number of aliphatic carboxylic acids is 1. The molecule has 0 aliphatic carbocycles. The molecule has 9 heteroatoms. The molecule has 0 aromatic heterocycles. The van der Waals surface area contributed by atoms with Gasteiger partial charge in [0, 0.05) is 17.1 Å². The number of fused-ring (bicyclic) bond motifs is 2. The number of carboxylic acid groups (broad SMARTS) is 1. The summed E-state index contributed by atoms with van der Waals surface area (Å²) in [6, 6.07) is 2.12. The molecule has 4 atom stereocenters. The van der Waals surface area contributed by atoms with E-state index in [4.69, 9.17) is 4.74 Å². The van der Waals surface area contributed by atoms with E-state index < -0.39 is 40.2 Å². The summed E-state index contributed by atoms with van der Waals surface area (Å²) < 4.78 is 5.32. The van der Waals surface area contributed by atoms with Crippen LogP contribution in [0.4, 0.5) is 0 Å². The number of esters is 1. The van der Waals surface area contributed by atoms with E-state index in [9.17, 15) is 34.8 Å². The monoisotopic (exact) mass is 410 g/mol. The van der Waals surface area contributed by atoms with Crippen molar-refractivity contribution >= 4 is 29.5 Å². The van der Waals surface area contributed by atoms with Crippen molar-refractivity contribution in [3.63, 3.8) is 0 Å². The van der Waals surface area contributed by atoms with Crippen molar-refractivity contribution in [3.8, 4) is 11.5 Å². The van der Waals surface area contributed by atoms with E-state index in [1.807, 2.05) is 0 Å². The van der Waals surface area contributed by atoms with E-state index in [1.54, 1.807) is 6.92 Å². The molecule has 2 aliphatic heterocycles. The van der Waals surface area contributed by atoms with Crippen molar-refractivity contribution in [2.24, 2.45) is 5.92 Å². The van der Waals surface area contributed by atoms with Crippen molar-refractivity contribution in [3.05, 3.63) is 23.3 Å². The molecule has 0 radical (unpaired) electrons. The molecule has 3 rings (SSSR count). The van der Waals surface area contributed by atoms with E-state index in [1.165, 1.54) is 17.8 Å². The van der Waals surface area contributed by atoms with Crippen molar-refractivity contribution in [1.82, 2.24) is 0 Å². The second kappa shape index (κ2) is 7.63. The van der Waals surface area contributed by atoms with Crippen LogP contribution in [0.25, 0.3) is 0 Å². The third kappa shape index (κ3) is 3.68. The fraction of sp³-hybridized carbons (Fsp3) is 0.526. The Bertz CT molecular complexity index is 822. The number of hydrogen-bond donors (Lipinski definition) is 4. The predicted molar refractivity (Wildman–Crippen MR) is 99.5 cm³/mol. The molecule has 4 N–H and O–H groups in total. The number of thioether (sulfide) groups is 1. The number of rotatable bonds is 1. The van der Waals surface area contributed by atoms with Crippen molar-refractivity contribution in [1.29, 1.82) is 0 Å². The van der Waals surface area contributed by atoms with Gasteiger partial charge < -0.3 is 25.2 Å². The number of carbonyl (C=O) groups is 3. The number of cyclic esters (lactones) is 1. The molecule has 0 spiro atoms. The molecule has 152 valence electrons. The van der Waals surface area contributed by atoms with Crippen LogP contribution in [-0.2, 0) is 20.7 Å². The maximum Gasteiger partial charge on any atom is 0.337 e. The maximum atomic E-state index is 13.3. The Balaban J connectivity index is 2.14. The summed E-state index contributed by atoms with van der Waals surface area (Å²) in [6.45, 7) is 1.74. The number of phenols is 2. The molecule has 2 aliphatic rings. The number of carboxylic acids is 1. The van der Waals surface area contributed by atoms with Crippen LogP contribution in [0.3, 0.4) is 0 Å². The first-order valence-corrected chi connectivity index (χ1v) is 10.0. The fourth-order valence-electron chi connectivity index (χ4n) is 3.89. The zero-order chi connectivity index (χ0) is 20.6. The number of aliphatic hydroxyl groups is 1. The molecule has 2 heterocycles. The summed E-state index contributed by atoms with van der Waals surface area (Å²) in [5.74, 6) is -5.23. The van der Waals surface area contributed by atoms with Gasteiger partial charge in [0.15, 0.2) is 11.4 Å². The van der Waals surface area contributed by atoms with Gasteiger partial charge in [0.2, 0.25) is 0 Å². The van der Waals surface area contributed by atoms with Crippen LogP contribution < -0.4 is 0 Å². The third-order valence-corrected chi connectivity index (χ3v) is 6.80. The SMILES string of the molecule is C[C@H]1CCC[C@@H]2SC[C@](O)(C(=O)O)[C@H]2C(=O)c2c(O)cc(O)cc2CC(=O)O1. The minimum Gasteiger partial charge on any atom is -0.508 e. The van der Waals surface area contributed by atoms with Crippen LogP contribution in [0, 0.1) is 5.92 Å². The average molecular weight is 410 g/mol. The molecule has 8 nitrogen and oxygen atoms in total. The number of carbonyl (C=O) groups excluding carboxylic acids is 2. The van der Waals surface area contributed by atoms with E-state index in [0.29, 0.717) is 19.3 Å². The maximum absolute atomic E-state index is 13.3. The lowest BCUT2D eigenvalue weighted by molar-refractivity contribution is -0.159. The second-order valence-corrected chi connectivity index (χ2v) is 8.56. The Morgan fingerprint density at radius 1 is 1.25 bits per heavy atom. The minimum absolute atomic E-state index is 0.0312. The van der Waals surface area contributed by atoms with Crippen LogP contribution in [0.1, 0.15) is 42.1 Å². The summed E-state index contributed by atoms with van der Waals surface area (Å²) >= 11 is 1.21. The van der Waals surface area contributed by atoms with Crippen LogP contribution in [0.15, 0.2) is 12.1 Å². The first-order valence-electron chi connectivity index (χ1n) is 8.99. The number of ether oxygens (including phenoxy) is 1. The molecule has 0 saturated carbocycles. The highest BCUT2D eigenvalue weighted by atomic mass is 32.2. The van der Waals surface area contributed by atoms with Gasteiger partial charge in [-0.15, -0.1) is 0 Å². The summed E-state index contributed by atoms with van der Waals surface area (Å²) in [6.07, 6.45) is 0.823. The van der Waals surface area contributed by atoms with Crippen LogP contribution in [-0.4, -0.2) is 60.9 Å². The Morgan fingerprint density at radius 2 is 1.96 bits per heavy atom. The highest BCUT2D eigenvalue weighted by Gasteiger charge is 2.57. The van der Waals surface area contributed by atoms with E-state index in [2.05, 4.69) is 0 Å². The first-order chi connectivity index (χ1) is 13.1. The summed E-state index contributed by atoms with van der Waals surface area (Å²) in [4.78, 5) is 37.3. The Labute approximate surface area is 165 Å². The number of phenolic OH excluding ortho intramolecular Hbond substituents is 2. The van der Waals surface area contributed by atoms with Crippen LogP contribution in [0.5, 0.6) is 11.5 Å². The van der Waals surface area contributed by atoms with Crippen molar-refractivity contribution in [2.75, 3.05) is 5.75 Å². The Kier molecular flexibility index (Phi) is 5.58. The first kappa shape index (κ1) is 20.5. The van der Waals surface area contributed by atoms with E-state index in [-0.39, 0.29) is 35.2 Å². The van der Waals surface area contributed by atoms with Gasteiger partial charge >= 0.3 is 11.9 Å². The average Bonchev–Trinajstić information content (AvgIpc) is 2.91. The lowest BCUT2D eigenvalue weighted by Crippen LogP contribution is -2.50. The number of ketones is 1. The highest BCUT2D eigenvalue weighted by Crippen LogP contribution is 2.46. The van der Waals surface area contributed by atoms with Gasteiger partial charge in [-0.3, -0.25) is 9.59 Å². The van der Waals surface area contributed by atoms with Gasteiger partial charge in [0.25, 0.3) is 0 Å². The highest BCUT2D eigenvalue weighted by molar-refractivity contribution is 8.00. The lowest BCUT2D eigenvalue weighted by atomic mass is 9.78. The molecule has 1 aromatic rings. The zero-order valence-electron chi connectivity index (χ0n) is 15.3. The molecule has 28 heavy (non-hydrogen) atoms. The predicted octanol–water partition coefficient (Wildman–Crippen LogP) is 1.49. The Morgan fingerprint density at radius 3 is 2.64 bits per heavy atom. The smallest absolute Gasteiger partial charge is 0.337 e. The standard InChI is InChI=1S/C19H22O8S/c1-9-3-2-4-13-16(19(26,8-28-13)18(24)25)17(23)15-10(6-14(22)27-9)5-11(20)7-12(15)21/h5,7,9,13,16,20-21,26H,2-4,6,8H2,1H3,(H,24,25)/t9-,13-,16+,19+/m0/s1. The van der Waals surface area contributed by atoms with Crippen LogP contribution >= 0.6 is 11.8 Å². The van der Waals surface area contributed by atoms with Crippen LogP contribution in [0.2, 0.25) is 0 Å². The topological polar surface area (TPSA) is 141 Å². The summed E-state index contributed by atoms with van der Waals surface area (Å²) in [7, 11) is 0. The fourth-order valence-corrected chi connectivity index (χ4v) is 5.54. The summed E-state index contributed by atoms with van der Waals surface area (Å²) in [5, 5.41) is 40.0. The van der Waals surface area contributed by atoms with Gasteiger partial charge in [-0.05, 0) is 37.8 Å². The molecule has 1 fully saturated rings. The molecule has 1 saturated heterocycles. The third-order valence-electron chi connectivity index (χ3n) is 5.25. The van der Waals surface area contributed by atoms with Gasteiger partial charge in [-0.1, -0.05) is 0 Å². The van der Waals surface area contributed by atoms with Gasteiger partial charge in [0.1, 0.15) is 11.5 Å². The molecular formula is C19H22O8S. The number of hydrogen-bond acceptors (Lipinski definition) is 8. The number of Topliss-reactive ketones (excluding diaryl/α,β-unsaturated/α-hetero) is 1. The number of benzene rings is 1. The van der Waals surface area contributed by atoms with Crippen molar-refractivity contribution in [2.45, 2.75) is 49.6 Å². The molecule has 0 amide bonds. The normalized spacial score (nSPS) is 31.1. The van der Waals surface area contributed by atoms with E-state index in [0.717, 1.165) is 6.07 Å².